The van der Waals surface area contributed by atoms with Crippen LogP contribution in [-0.4, -0.2) is 23.1 Å². The molecule has 1 rings (SSSR count). The topological polar surface area (TPSA) is 29.0 Å². The number of halogens is 1. The number of aromatic nitrogens is 2. The Morgan fingerprint density at radius 1 is 1.12 bits per heavy atom. The first-order valence-corrected chi connectivity index (χ1v) is 6.38. The van der Waals surface area contributed by atoms with Gasteiger partial charge in [-0.3, -0.25) is 0 Å². The minimum Gasteiger partial charge on any atom is -0.356 e. The fourth-order valence-electron chi connectivity index (χ4n) is 1.66. The minimum absolute atomic E-state index is 0.515. The number of anilines is 1. The predicted molar refractivity (Wildman–Crippen MR) is 69.1 cm³/mol. The van der Waals surface area contributed by atoms with Crippen LogP contribution in [0.2, 0.25) is 5.15 Å². The van der Waals surface area contributed by atoms with Gasteiger partial charge in [0.05, 0.1) is 0 Å². The first-order valence-electron chi connectivity index (χ1n) is 6.00. The molecule has 0 aliphatic carbocycles. The number of hydrogen-bond acceptors (Lipinski definition) is 3. The quantitative estimate of drug-likeness (QED) is 0.540. The van der Waals surface area contributed by atoms with Gasteiger partial charge < -0.3 is 4.90 Å². The van der Waals surface area contributed by atoms with Gasteiger partial charge >= 0.3 is 0 Å². The van der Waals surface area contributed by atoms with Gasteiger partial charge in [-0.2, -0.15) is 0 Å². The molecule has 0 aromatic carbocycles. The molecule has 0 unspecified atom stereocenters. The van der Waals surface area contributed by atoms with E-state index in [1.165, 1.54) is 25.6 Å². The predicted octanol–water partition coefficient (Wildman–Crippen LogP) is 3.54. The van der Waals surface area contributed by atoms with E-state index >= 15 is 0 Å². The molecule has 3 nitrogen and oxygen atoms in total. The van der Waals surface area contributed by atoms with E-state index in [2.05, 4.69) is 28.7 Å². The summed E-state index contributed by atoms with van der Waals surface area (Å²) in [5, 5.41) is 0.515. The van der Waals surface area contributed by atoms with Crippen molar-refractivity contribution in [3.63, 3.8) is 0 Å². The number of hydrogen-bond donors (Lipinski definition) is 0. The Labute approximate surface area is 103 Å². The second-order valence-corrected chi connectivity index (χ2v) is 4.28. The smallest absolute Gasteiger partial charge is 0.134 e. The van der Waals surface area contributed by atoms with Crippen LogP contribution in [0.3, 0.4) is 0 Å². The summed E-state index contributed by atoms with van der Waals surface area (Å²) in [6, 6.07) is 1.84. The molecule has 0 atom stereocenters. The minimum atomic E-state index is 0.515. The zero-order valence-corrected chi connectivity index (χ0v) is 10.9. The van der Waals surface area contributed by atoms with Gasteiger partial charge in [-0.05, 0) is 12.8 Å². The number of rotatable bonds is 7. The SMILES string of the molecule is CCCCCN(CCC)c1cc(Cl)ncn1. The van der Waals surface area contributed by atoms with Crippen molar-refractivity contribution in [3.8, 4) is 0 Å². The van der Waals surface area contributed by atoms with Gasteiger partial charge in [-0.15, -0.1) is 0 Å². The van der Waals surface area contributed by atoms with Crippen molar-refractivity contribution in [1.82, 2.24) is 9.97 Å². The van der Waals surface area contributed by atoms with Gasteiger partial charge in [0, 0.05) is 19.2 Å². The third-order valence-corrected chi connectivity index (χ3v) is 2.68. The zero-order valence-electron chi connectivity index (χ0n) is 10.1. The number of nitrogens with zero attached hydrogens (tertiary/aromatic N) is 3. The molecule has 0 N–H and O–H groups in total. The molecular weight excluding hydrogens is 222 g/mol. The highest BCUT2D eigenvalue weighted by Gasteiger charge is 2.07. The van der Waals surface area contributed by atoms with Crippen molar-refractivity contribution >= 4 is 17.4 Å². The first-order chi connectivity index (χ1) is 7.77. The van der Waals surface area contributed by atoms with Crippen LogP contribution in [0, 0.1) is 0 Å². The second-order valence-electron chi connectivity index (χ2n) is 3.89. The second kappa shape index (κ2) is 7.44. The summed E-state index contributed by atoms with van der Waals surface area (Å²) in [5.74, 6) is 0.943. The Hall–Kier alpha value is -0.830. The first kappa shape index (κ1) is 13.2. The van der Waals surface area contributed by atoms with E-state index < -0.39 is 0 Å². The van der Waals surface area contributed by atoms with Crippen LogP contribution in [0.25, 0.3) is 0 Å². The third kappa shape index (κ3) is 4.35. The van der Waals surface area contributed by atoms with Crippen molar-refractivity contribution < 1.29 is 0 Å². The molecule has 0 aliphatic rings. The molecule has 1 heterocycles. The van der Waals surface area contributed by atoms with Crippen molar-refractivity contribution in [2.75, 3.05) is 18.0 Å². The number of unbranched alkanes of at least 4 members (excludes halogenated alkanes) is 2. The Bertz CT molecular complexity index is 304. The Kier molecular flexibility index (Phi) is 6.16. The average Bonchev–Trinajstić information content (AvgIpc) is 2.28. The van der Waals surface area contributed by atoms with Crippen LogP contribution < -0.4 is 4.90 Å². The van der Waals surface area contributed by atoms with Crippen LogP contribution in [0.4, 0.5) is 5.82 Å². The van der Waals surface area contributed by atoms with Gasteiger partial charge in [0.15, 0.2) is 0 Å². The summed E-state index contributed by atoms with van der Waals surface area (Å²) in [7, 11) is 0. The van der Waals surface area contributed by atoms with E-state index in [0.29, 0.717) is 5.15 Å². The van der Waals surface area contributed by atoms with E-state index in [0.717, 1.165) is 25.3 Å². The van der Waals surface area contributed by atoms with E-state index in [4.69, 9.17) is 11.6 Å². The molecule has 1 aromatic heterocycles. The lowest BCUT2D eigenvalue weighted by Crippen LogP contribution is -2.26. The van der Waals surface area contributed by atoms with Crippen LogP contribution in [0.5, 0.6) is 0 Å². The van der Waals surface area contributed by atoms with Gasteiger partial charge in [-0.25, -0.2) is 9.97 Å². The van der Waals surface area contributed by atoms with Crippen LogP contribution in [-0.2, 0) is 0 Å². The van der Waals surface area contributed by atoms with E-state index in [9.17, 15) is 0 Å². The molecule has 0 aliphatic heterocycles. The van der Waals surface area contributed by atoms with Gasteiger partial charge in [-0.1, -0.05) is 38.3 Å². The normalized spacial score (nSPS) is 10.4. The van der Waals surface area contributed by atoms with E-state index in [1.54, 1.807) is 0 Å². The lowest BCUT2D eigenvalue weighted by Gasteiger charge is -2.22. The summed E-state index contributed by atoms with van der Waals surface area (Å²) in [6.45, 7) is 6.47. The van der Waals surface area contributed by atoms with Crippen molar-refractivity contribution in [2.24, 2.45) is 0 Å². The zero-order chi connectivity index (χ0) is 11.8. The highest BCUT2D eigenvalue weighted by molar-refractivity contribution is 6.29. The highest BCUT2D eigenvalue weighted by Crippen LogP contribution is 2.15. The maximum absolute atomic E-state index is 5.87. The maximum Gasteiger partial charge on any atom is 0.134 e. The molecule has 0 saturated heterocycles. The fraction of sp³-hybridized carbons (Fsp3) is 0.667. The van der Waals surface area contributed by atoms with Crippen molar-refractivity contribution in [2.45, 2.75) is 39.5 Å². The van der Waals surface area contributed by atoms with E-state index in [1.807, 2.05) is 6.07 Å². The standard InChI is InChI=1S/C12H20ClN3/c1-3-5-6-8-16(7-4-2)12-9-11(13)14-10-15-12/h9-10H,3-8H2,1-2H3. The molecule has 0 saturated carbocycles. The van der Waals surface area contributed by atoms with Crippen LogP contribution in [0.1, 0.15) is 39.5 Å². The van der Waals surface area contributed by atoms with Crippen molar-refractivity contribution in [1.29, 1.82) is 0 Å². The molecule has 0 radical (unpaired) electrons. The average molecular weight is 242 g/mol. The molecule has 4 heteroatoms. The van der Waals surface area contributed by atoms with Gasteiger partial charge in [0.25, 0.3) is 0 Å². The molecule has 1 aromatic rings. The van der Waals surface area contributed by atoms with E-state index in [-0.39, 0.29) is 0 Å². The summed E-state index contributed by atoms with van der Waals surface area (Å²) < 4.78 is 0. The van der Waals surface area contributed by atoms with Crippen LogP contribution in [0.15, 0.2) is 12.4 Å². The van der Waals surface area contributed by atoms with Gasteiger partial charge in [0.1, 0.15) is 17.3 Å². The molecule has 90 valence electrons. The maximum atomic E-state index is 5.87. The molecule has 0 spiro atoms. The molecule has 0 amide bonds. The third-order valence-electron chi connectivity index (χ3n) is 2.47. The largest absolute Gasteiger partial charge is 0.356 e. The molecule has 0 fully saturated rings. The fourth-order valence-corrected chi connectivity index (χ4v) is 1.80. The highest BCUT2D eigenvalue weighted by atomic mass is 35.5. The Balaban J connectivity index is 2.61. The monoisotopic (exact) mass is 241 g/mol. The summed E-state index contributed by atoms with van der Waals surface area (Å²) >= 11 is 5.87. The lowest BCUT2D eigenvalue weighted by atomic mass is 10.2. The Morgan fingerprint density at radius 3 is 2.56 bits per heavy atom. The van der Waals surface area contributed by atoms with Gasteiger partial charge in [0.2, 0.25) is 0 Å². The molecule has 16 heavy (non-hydrogen) atoms. The molecular formula is C12H20ClN3. The summed E-state index contributed by atoms with van der Waals surface area (Å²) in [4.78, 5) is 10.5. The molecule has 0 bridgehead atoms. The lowest BCUT2D eigenvalue weighted by molar-refractivity contribution is 0.663. The summed E-state index contributed by atoms with van der Waals surface area (Å²) in [6.07, 6.45) is 6.36. The Morgan fingerprint density at radius 2 is 1.94 bits per heavy atom. The van der Waals surface area contributed by atoms with Crippen LogP contribution >= 0.6 is 11.6 Å². The van der Waals surface area contributed by atoms with Crippen molar-refractivity contribution in [3.05, 3.63) is 17.5 Å². The summed E-state index contributed by atoms with van der Waals surface area (Å²) in [5.41, 5.74) is 0.